The van der Waals surface area contributed by atoms with Crippen molar-refractivity contribution >= 4 is 45.0 Å². The molecule has 0 spiro atoms. The molecule has 13 heteroatoms. The van der Waals surface area contributed by atoms with Gasteiger partial charge >= 0.3 is 5.97 Å². The number of alkyl halides is 2. The van der Waals surface area contributed by atoms with E-state index in [2.05, 4.69) is 4.98 Å². The number of hydrogen-bond donors (Lipinski definition) is 1. The Morgan fingerprint density at radius 1 is 1.03 bits per heavy atom. The number of aliphatic carboxylic acids is 1. The summed E-state index contributed by atoms with van der Waals surface area (Å²) in [5.41, 5.74) is -2.05. The summed E-state index contributed by atoms with van der Waals surface area (Å²) in [6, 6.07) is 8.66. The van der Waals surface area contributed by atoms with Crippen molar-refractivity contribution in [2.24, 2.45) is 10.8 Å². The number of carboxylic acids is 1. The van der Waals surface area contributed by atoms with E-state index in [4.69, 9.17) is 11.6 Å². The summed E-state index contributed by atoms with van der Waals surface area (Å²) in [4.78, 5) is 31.1. The second kappa shape index (κ2) is 8.84. The van der Waals surface area contributed by atoms with Gasteiger partial charge in [-0.1, -0.05) is 11.6 Å². The molecule has 0 unspecified atom stereocenters. The highest BCUT2D eigenvalue weighted by Crippen LogP contribution is 2.80. The van der Waals surface area contributed by atoms with Gasteiger partial charge in [-0.05, 0) is 62.1 Å². The normalized spacial score (nSPS) is 27.3. The molecule has 2 bridgehead atoms. The van der Waals surface area contributed by atoms with Gasteiger partial charge in [-0.2, -0.15) is 4.31 Å². The Morgan fingerprint density at radius 2 is 1.67 bits per heavy atom. The number of carbonyl (C=O) groups excluding carboxylic acids is 1. The number of carbonyl (C=O) groups is 2. The standard InChI is InChI=1S/C26H27ClF2N4O5S/c27-20-12-17(26(28,29)25-14-24(15-25,16-25)23(35)36)13-21(30-20)31-8-10-32(11-9-31)39(37,38)19-5-3-18(4-6-19)33-7-1-2-22(33)34/h3-6,12-13H,1-2,7-11,14-16H2,(H,35,36). The zero-order valence-corrected chi connectivity index (χ0v) is 22.5. The van der Waals surface area contributed by atoms with E-state index < -0.39 is 32.7 Å². The maximum absolute atomic E-state index is 15.5. The molecule has 1 N–H and O–H groups in total. The lowest BCUT2D eigenvalue weighted by molar-refractivity contribution is -0.314. The SMILES string of the molecule is O=C1CCCN1c1ccc(S(=O)(=O)N2CCN(c3cc(C(F)(F)C45CC(C(=O)O)(C4)C5)cc(Cl)n3)CC2)cc1. The summed E-state index contributed by atoms with van der Waals surface area (Å²) in [5, 5.41) is 9.21. The smallest absolute Gasteiger partial charge is 0.309 e. The number of hydrogen-bond acceptors (Lipinski definition) is 6. The number of sulfonamides is 1. The van der Waals surface area contributed by atoms with Gasteiger partial charge in [-0.25, -0.2) is 22.2 Å². The van der Waals surface area contributed by atoms with Gasteiger partial charge in [0.05, 0.1) is 10.3 Å². The third-order valence-electron chi connectivity index (χ3n) is 8.72. The number of nitrogens with zero attached hydrogens (tertiary/aromatic N) is 4. The van der Waals surface area contributed by atoms with Crippen molar-refractivity contribution in [1.29, 1.82) is 0 Å². The van der Waals surface area contributed by atoms with E-state index in [1.165, 1.54) is 22.5 Å². The highest BCUT2D eigenvalue weighted by atomic mass is 35.5. The lowest BCUT2D eigenvalue weighted by Crippen LogP contribution is -2.70. The van der Waals surface area contributed by atoms with Crippen molar-refractivity contribution in [2.45, 2.75) is 42.9 Å². The lowest BCUT2D eigenvalue weighted by atomic mass is 9.33. The summed E-state index contributed by atoms with van der Waals surface area (Å²) in [7, 11) is -3.79. The van der Waals surface area contributed by atoms with E-state index in [9.17, 15) is 23.1 Å². The molecule has 0 radical (unpaired) electrons. The van der Waals surface area contributed by atoms with Crippen LogP contribution in [0.5, 0.6) is 0 Å². The number of rotatable bonds is 7. The topological polar surface area (TPSA) is 111 Å². The first-order valence-corrected chi connectivity index (χ1v) is 14.6. The van der Waals surface area contributed by atoms with E-state index >= 15 is 8.78 Å². The molecule has 9 nitrogen and oxygen atoms in total. The molecule has 3 heterocycles. The van der Waals surface area contributed by atoms with E-state index in [1.807, 2.05) is 0 Å². The summed E-state index contributed by atoms with van der Waals surface area (Å²) in [5.74, 6) is -4.04. The second-order valence-electron chi connectivity index (χ2n) is 11.0. The molecular weight excluding hydrogens is 554 g/mol. The van der Waals surface area contributed by atoms with Crippen LogP contribution >= 0.6 is 11.6 Å². The average molecular weight is 581 g/mol. The number of halogens is 3. The molecule has 2 saturated heterocycles. The van der Waals surface area contributed by atoms with Gasteiger partial charge in [0.2, 0.25) is 15.9 Å². The van der Waals surface area contributed by atoms with Crippen LogP contribution < -0.4 is 9.80 Å². The van der Waals surface area contributed by atoms with Crippen molar-refractivity contribution in [3.63, 3.8) is 0 Å². The summed E-state index contributed by atoms with van der Waals surface area (Å²) in [6.45, 7) is 1.32. The van der Waals surface area contributed by atoms with Crippen LogP contribution in [0.4, 0.5) is 20.3 Å². The van der Waals surface area contributed by atoms with E-state index in [0.29, 0.717) is 18.7 Å². The van der Waals surface area contributed by atoms with Crippen molar-refractivity contribution in [3.8, 4) is 0 Å². The van der Waals surface area contributed by atoms with Crippen LogP contribution in [0.2, 0.25) is 5.15 Å². The van der Waals surface area contributed by atoms with Crippen LogP contribution in [-0.4, -0.2) is 67.4 Å². The van der Waals surface area contributed by atoms with Crippen LogP contribution in [0, 0.1) is 10.8 Å². The van der Waals surface area contributed by atoms with Crippen molar-refractivity contribution in [3.05, 3.63) is 47.1 Å². The molecule has 3 saturated carbocycles. The largest absolute Gasteiger partial charge is 0.481 e. The van der Waals surface area contributed by atoms with Gasteiger partial charge in [-0.3, -0.25) is 9.59 Å². The molecule has 1 aromatic heterocycles. The Hall–Kier alpha value is -2.83. The average Bonchev–Trinajstić information content (AvgIpc) is 3.27. The number of piperazine rings is 1. The van der Waals surface area contributed by atoms with Crippen LogP contribution in [0.25, 0.3) is 0 Å². The van der Waals surface area contributed by atoms with Crippen LogP contribution in [0.1, 0.15) is 37.7 Å². The Labute approximate surface area is 229 Å². The van der Waals surface area contributed by atoms with Gasteiger partial charge < -0.3 is 14.9 Å². The van der Waals surface area contributed by atoms with Gasteiger partial charge in [0, 0.05) is 55.8 Å². The maximum Gasteiger partial charge on any atom is 0.309 e. The summed E-state index contributed by atoms with van der Waals surface area (Å²) < 4.78 is 58.9. The first-order chi connectivity index (χ1) is 18.4. The quantitative estimate of drug-likeness (QED) is 0.497. The van der Waals surface area contributed by atoms with Gasteiger partial charge in [-0.15, -0.1) is 0 Å². The molecule has 1 amide bonds. The van der Waals surface area contributed by atoms with Gasteiger partial charge in [0.25, 0.3) is 5.92 Å². The number of carboxylic acid groups (broad SMARTS) is 1. The zero-order chi connectivity index (χ0) is 27.8. The lowest BCUT2D eigenvalue weighted by Gasteiger charge is -2.70. The number of anilines is 2. The molecule has 0 atom stereocenters. The maximum atomic E-state index is 15.5. The molecule has 5 aliphatic rings. The van der Waals surface area contributed by atoms with Crippen molar-refractivity contribution in [2.75, 3.05) is 42.5 Å². The Bertz CT molecular complexity index is 1440. The first kappa shape index (κ1) is 26.4. The minimum absolute atomic E-state index is 0.0191. The summed E-state index contributed by atoms with van der Waals surface area (Å²) >= 11 is 6.13. The zero-order valence-electron chi connectivity index (χ0n) is 20.9. The van der Waals surface area contributed by atoms with E-state index in [0.717, 1.165) is 12.5 Å². The second-order valence-corrected chi connectivity index (χ2v) is 13.4. The highest BCUT2D eigenvalue weighted by Gasteiger charge is 2.80. The molecule has 208 valence electrons. The molecule has 3 aliphatic carbocycles. The summed E-state index contributed by atoms with van der Waals surface area (Å²) in [6.07, 6.45) is 1.06. The Morgan fingerprint density at radius 3 is 2.23 bits per heavy atom. The molecule has 2 aliphatic heterocycles. The van der Waals surface area contributed by atoms with Crippen LogP contribution in [0.3, 0.4) is 0 Å². The fraction of sp³-hybridized carbons (Fsp3) is 0.500. The Balaban J connectivity index is 1.14. The molecule has 2 aromatic rings. The fourth-order valence-electron chi connectivity index (χ4n) is 6.51. The van der Waals surface area contributed by atoms with Crippen LogP contribution in [0.15, 0.2) is 41.3 Å². The predicted molar refractivity (Wildman–Crippen MR) is 138 cm³/mol. The predicted octanol–water partition coefficient (Wildman–Crippen LogP) is 3.72. The molecule has 39 heavy (non-hydrogen) atoms. The minimum Gasteiger partial charge on any atom is -0.481 e. The van der Waals surface area contributed by atoms with Crippen LogP contribution in [-0.2, 0) is 25.5 Å². The first-order valence-electron chi connectivity index (χ1n) is 12.8. The van der Waals surface area contributed by atoms with Crippen molar-refractivity contribution in [1.82, 2.24) is 9.29 Å². The van der Waals surface area contributed by atoms with Gasteiger partial charge in [0.15, 0.2) is 0 Å². The molecule has 1 aromatic carbocycles. The fourth-order valence-corrected chi connectivity index (χ4v) is 8.13. The number of pyridine rings is 1. The number of aromatic nitrogens is 1. The van der Waals surface area contributed by atoms with Gasteiger partial charge in [0.1, 0.15) is 11.0 Å². The van der Waals surface area contributed by atoms with E-state index in [1.54, 1.807) is 21.9 Å². The monoisotopic (exact) mass is 580 g/mol. The molecule has 7 rings (SSSR count). The molecule has 5 fully saturated rings. The third kappa shape index (κ3) is 4.02. The minimum atomic E-state index is -3.79. The van der Waals surface area contributed by atoms with Crippen molar-refractivity contribution < 1.29 is 31.9 Å². The Kier molecular flexibility index (Phi) is 5.98. The highest BCUT2D eigenvalue weighted by molar-refractivity contribution is 7.89. The van der Waals surface area contributed by atoms with E-state index in [-0.39, 0.29) is 72.8 Å². The molecular formula is C26H27ClF2N4O5S. The number of benzene rings is 1. The third-order valence-corrected chi connectivity index (χ3v) is 10.8. The number of amides is 1.